The first-order valence-corrected chi connectivity index (χ1v) is 17.2. The molecule has 3 aliphatic rings. The molecule has 3 aromatic carbocycles. The molecule has 0 unspecified atom stereocenters. The van der Waals surface area contributed by atoms with Crippen molar-refractivity contribution >= 4 is 32.7 Å². The number of hydroxylamine groups is 2. The molecule has 2 fully saturated rings. The predicted octanol–water partition coefficient (Wildman–Crippen LogP) is 8.09. The highest BCUT2D eigenvalue weighted by atomic mass is 32.2. The summed E-state index contributed by atoms with van der Waals surface area (Å²) in [6.45, 7) is 1.85. The molecule has 0 atom stereocenters. The fourth-order valence-corrected chi connectivity index (χ4v) is 8.26. The van der Waals surface area contributed by atoms with E-state index in [-0.39, 0.29) is 4.90 Å². The molecule has 6 rings (SSSR count). The average molecular weight is 588 g/mol. The molecular formula is C35H41NO5S. The number of imide groups is 1. The van der Waals surface area contributed by atoms with Gasteiger partial charge in [0.25, 0.3) is 11.8 Å². The molecule has 0 spiro atoms. The average Bonchev–Trinajstić information content (AvgIpc) is 3.70. The first kappa shape index (κ1) is 29.1. The number of hydrogen-bond acceptors (Lipinski definition) is 5. The summed E-state index contributed by atoms with van der Waals surface area (Å²) in [7, 11) is -4.40. The van der Waals surface area contributed by atoms with Crippen LogP contribution in [0.5, 0.6) is 0 Å². The highest BCUT2D eigenvalue weighted by molar-refractivity contribution is 7.86. The Morgan fingerprint density at radius 3 is 1.93 bits per heavy atom. The largest absolute Gasteiger partial charge is 0.318 e. The summed E-state index contributed by atoms with van der Waals surface area (Å²) >= 11 is 0. The first-order chi connectivity index (χ1) is 20.3. The molecule has 2 saturated carbocycles. The van der Waals surface area contributed by atoms with Crippen LogP contribution in [-0.4, -0.2) is 25.3 Å². The van der Waals surface area contributed by atoms with Crippen LogP contribution in [0.1, 0.15) is 114 Å². The van der Waals surface area contributed by atoms with E-state index in [4.69, 9.17) is 4.28 Å². The predicted molar refractivity (Wildman–Crippen MR) is 164 cm³/mol. The topological polar surface area (TPSA) is 80.8 Å². The number of benzene rings is 3. The van der Waals surface area contributed by atoms with Crippen molar-refractivity contribution in [2.75, 3.05) is 0 Å². The molecule has 2 amide bonds. The summed E-state index contributed by atoms with van der Waals surface area (Å²) < 4.78 is 31.7. The number of carbonyl (C=O) groups excluding carboxylic acids is 2. The summed E-state index contributed by atoms with van der Waals surface area (Å²) in [5.74, 6) is 0.1000. The minimum atomic E-state index is -4.40. The van der Waals surface area contributed by atoms with Crippen molar-refractivity contribution in [1.82, 2.24) is 5.06 Å². The zero-order valence-electron chi connectivity index (χ0n) is 24.6. The van der Waals surface area contributed by atoms with Gasteiger partial charge >= 0.3 is 10.1 Å². The van der Waals surface area contributed by atoms with Crippen LogP contribution in [0.4, 0.5) is 0 Å². The van der Waals surface area contributed by atoms with Crippen molar-refractivity contribution < 1.29 is 22.3 Å². The zero-order valence-corrected chi connectivity index (χ0v) is 25.4. The Bertz CT molecular complexity index is 1580. The third kappa shape index (κ3) is 5.91. The molecule has 2 aliphatic carbocycles. The number of carbonyl (C=O) groups is 2. The van der Waals surface area contributed by atoms with Gasteiger partial charge in [0.15, 0.2) is 0 Å². The van der Waals surface area contributed by atoms with Crippen LogP contribution >= 0.6 is 0 Å². The van der Waals surface area contributed by atoms with Crippen molar-refractivity contribution in [2.24, 2.45) is 11.8 Å². The van der Waals surface area contributed by atoms with Crippen molar-refractivity contribution in [2.45, 2.75) is 102 Å². The second-order valence-electron chi connectivity index (χ2n) is 12.6. The van der Waals surface area contributed by atoms with Gasteiger partial charge < -0.3 is 0 Å². The van der Waals surface area contributed by atoms with Crippen LogP contribution < -0.4 is 0 Å². The molecule has 0 bridgehead atoms. The standard InChI is InChI=1S/C35H41NO5S/c1-24-16-20-29(21-17-24)42(39,40)41-36-34(37)31-23-18-27(14-6-12-25-8-2-3-9-25)30-22-19-28(32(33(30)31)35(36)38)15-7-13-26-10-4-5-11-26/h16-23,25-26H,2-15H2,1H3. The fourth-order valence-electron chi connectivity index (χ4n) is 7.38. The van der Waals surface area contributed by atoms with E-state index >= 15 is 0 Å². The Hall–Kier alpha value is -3.03. The molecule has 0 N–H and O–H groups in total. The van der Waals surface area contributed by atoms with E-state index in [1.54, 1.807) is 18.2 Å². The number of aryl methyl sites for hydroxylation is 3. The van der Waals surface area contributed by atoms with Gasteiger partial charge in [0, 0.05) is 5.39 Å². The van der Waals surface area contributed by atoms with E-state index < -0.39 is 21.9 Å². The molecule has 3 aromatic rings. The Morgan fingerprint density at radius 1 is 0.738 bits per heavy atom. The Balaban J connectivity index is 1.33. The van der Waals surface area contributed by atoms with Crippen LogP contribution in [-0.2, 0) is 27.2 Å². The van der Waals surface area contributed by atoms with E-state index in [2.05, 4.69) is 6.07 Å². The smallest absolute Gasteiger partial charge is 0.266 e. The minimum absolute atomic E-state index is 0.105. The molecule has 0 aromatic heterocycles. The third-order valence-electron chi connectivity index (χ3n) is 9.72. The monoisotopic (exact) mass is 587 g/mol. The molecule has 1 heterocycles. The van der Waals surface area contributed by atoms with Crippen molar-refractivity contribution in [3.05, 3.63) is 76.3 Å². The maximum Gasteiger partial charge on any atom is 0.318 e. The minimum Gasteiger partial charge on any atom is -0.266 e. The SMILES string of the molecule is Cc1ccc(S(=O)(=O)ON2C(=O)c3ccc(CCCC4CCCC4)c4ccc(CCCC5CCCC5)c(c34)C2=O)cc1. The first-order valence-electron chi connectivity index (χ1n) is 15.8. The summed E-state index contributed by atoms with van der Waals surface area (Å²) in [6.07, 6.45) is 16.3. The molecule has 0 saturated heterocycles. The number of amides is 2. The number of nitrogens with zero attached hydrogens (tertiary/aromatic N) is 1. The van der Waals surface area contributed by atoms with E-state index in [0.717, 1.165) is 59.6 Å². The number of rotatable bonds is 11. The van der Waals surface area contributed by atoms with Gasteiger partial charge in [-0.2, -0.15) is 8.42 Å². The summed E-state index contributed by atoms with van der Waals surface area (Å²) in [4.78, 5) is 27.6. The molecule has 222 valence electrons. The van der Waals surface area contributed by atoms with E-state index in [1.807, 2.05) is 19.1 Å². The highest BCUT2D eigenvalue weighted by Gasteiger charge is 2.39. The summed E-state index contributed by atoms with van der Waals surface area (Å²) in [6, 6.07) is 14.0. The van der Waals surface area contributed by atoms with Gasteiger partial charge in [-0.3, -0.25) is 9.59 Å². The van der Waals surface area contributed by atoms with Crippen LogP contribution in [0, 0.1) is 18.8 Å². The lowest BCUT2D eigenvalue weighted by molar-refractivity contribution is -0.0156. The lowest BCUT2D eigenvalue weighted by Crippen LogP contribution is -2.42. The molecular weight excluding hydrogens is 546 g/mol. The fraction of sp³-hybridized carbons (Fsp3) is 0.486. The van der Waals surface area contributed by atoms with Crippen LogP contribution in [0.3, 0.4) is 0 Å². The molecule has 0 radical (unpaired) electrons. The van der Waals surface area contributed by atoms with E-state index in [0.29, 0.717) is 28.0 Å². The Morgan fingerprint density at radius 2 is 1.31 bits per heavy atom. The van der Waals surface area contributed by atoms with Gasteiger partial charge in [-0.25, -0.2) is 0 Å². The van der Waals surface area contributed by atoms with Gasteiger partial charge in [0.05, 0.1) is 16.0 Å². The normalized spacial score (nSPS) is 18.1. The molecule has 1 aliphatic heterocycles. The molecule has 6 nitrogen and oxygen atoms in total. The van der Waals surface area contributed by atoms with E-state index in [9.17, 15) is 18.0 Å². The molecule has 42 heavy (non-hydrogen) atoms. The summed E-state index contributed by atoms with van der Waals surface area (Å²) in [5.41, 5.74) is 3.60. The van der Waals surface area contributed by atoms with Gasteiger partial charge in [-0.05, 0) is 79.2 Å². The van der Waals surface area contributed by atoms with Crippen molar-refractivity contribution in [3.63, 3.8) is 0 Å². The van der Waals surface area contributed by atoms with Gasteiger partial charge in [-0.15, -0.1) is 9.35 Å². The van der Waals surface area contributed by atoms with Gasteiger partial charge in [0.2, 0.25) is 0 Å². The molecule has 7 heteroatoms. The Labute approximate surface area is 249 Å². The van der Waals surface area contributed by atoms with E-state index in [1.165, 1.54) is 69.9 Å². The van der Waals surface area contributed by atoms with Crippen LogP contribution in [0.25, 0.3) is 10.8 Å². The number of hydrogen-bond donors (Lipinski definition) is 0. The lowest BCUT2D eigenvalue weighted by Gasteiger charge is -2.28. The maximum absolute atomic E-state index is 14.0. The third-order valence-corrected chi connectivity index (χ3v) is 10.9. The zero-order chi connectivity index (χ0) is 29.3. The van der Waals surface area contributed by atoms with Crippen LogP contribution in [0.15, 0.2) is 53.4 Å². The van der Waals surface area contributed by atoms with Crippen molar-refractivity contribution in [1.29, 1.82) is 0 Å². The Kier molecular flexibility index (Phi) is 8.51. The maximum atomic E-state index is 14.0. The second kappa shape index (κ2) is 12.3. The van der Waals surface area contributed by atoms with Crippen LogP contribution in [0.2, 0.25) is 0 Å². The van der Waals surface area contributed by atoms with Gasteiger partial charge in [-0.1, -0.05) is 100 Å². The summed E-state index contributed by atoms with van der Waals surface area (Å²) in [5, 5.41) is 2.03. The lowest BCUT2D eigenvalue weighted by atomic mass is 9.86. The second-order valence-corrected chi connectivity index (χ2v) is 14.2. The highest BCUT2D eigenvalue weighted by Crippen LogP contribution is 2.38. The van der Waals surface area contributed by atoms with Crippen molar-refractivity contribution in [3.8, 4) is 0 Å². The van der Waals surface area contributed by atoms with Gasteiger partial charge in [0.1, 0.15) is 0 Å². The quantitative estimate of drug-likeness (QED) is 0.212.